The molecule has 8 heteroatoms. The van der Waals surface area contributed by atoms with Gasteiger partial charge in [-0.1, -0.05) is 12.1 Å². The van der Waals surface area contributed by atoms with Crippen molar-refractivity contribution in [3.05, 3.63) is 59.2 Å². The molecule has 0 radical (unpaired) electrons. The van der Waals surface area contributed by atoms with E-state index in [0.717, 1.165) is 0 Å². The highest BCUT2D eigenvalue weighted by Crippen LogP contribution is 2.28. The fourth-order valence-electron chi connectivity index (χ4n) is 2.55. The maximum absolute atomic E-state index is 12.3. The van der Waals surface area contributed by atoms with Crippen molar-refractivity contribution in [1.82, 2.24) is 0 Å². The minimum Gasteiger partial charge on any atom is -0.497 e. The molecule has 8 nitrogen and oxygen atoms in total. The van der Waals surface area contributed by atoms with Crippen LogP contribution in [0.3, 0.4) is 0 Å². The lowest BCUT2D eigenvalue weighted by molar-refractivity contribution is -0.137. The van der Waals surface area contributed by atoms with Gasteiger partial charge in [-0.05, 0) is 42.0 Å². The first kappa shape index (κ1) is 19.6. The number of nitrogens with zero attached hydrogens (tertiary/aromatic N) is 1. The molecule has 3 rings (SSSR count). The van der Waals surface area contributed by atoms with Gasteiger partial charge in [0.1, 0.15) is 23.1 Å². The van der Waals surface area contributed by atoms with Crippen LogP contribution in [0.25, 0.3) is 6.08 Å². The van der Waals surface area contributed by atoms with E-state index in [4.69, 9.17) is 14.2 Å². The van der Waals surface area contributed by atoms with Gasteiger partial charge in [-0.3, -0.25) is 9.59 Å². The van der Waals surface area contributed by atoms with E-state index >= 15 is 0 Å². The van der Waals surface area contributed by atoms with Crippen molar-refractivity contribution in [3.8, 4) is 17.6 Å². The van der Waals surface area contributed by atoms with Gasteiger partial charge in [0.05, 0.1) is 12.8 Å². The molecule has 0 saturated heterocycles. The Hall–Kier alpha value is -4.12. The van der Waals surface area contributed by atoms with Crippen molar-refractivity contribution in [2.75, 3.05) is 25.6 Å². The number of ketones is 1. The first-order chi connectivity index (χ1) is 14.0. The van der Waals surface area contributed by atoms with Crippen LogP contribution in [0.2, 0.25) is 0 Å². The van der Waals surface area contributed by atoms with Crippen LogP contribution in [0.4, 0.5) is 5.69 Å². The Morgan fingerprint density at radius 3 is 2.69 bits per heavy atom. The number of ether oxygens (including phenoxy) is 3. The van der Waals surface area contributed by atoms with E-state index in [2.05, 4.69) is 5.32 Å². The number of carbonyl (C=O) groups excluding carboxylic acids is 3. The zero-order chi connectivity index (χ0) is 20.8. The number of benzene rings is 2. The van der Waals surface area contributed by atoms with Crippen molar-refractivity contribution in [2.24, 2.45) is 0 Å². The summed E-state index contributed by atoms with van der Waals surface area (Å²) in [7, 11) is 1.53. The van der Waals surface area contributed by atoms with Crippen LogP contribution in [0.15, 0.2) is 48.0 Å². The number of carbonyl (C=O) groups is 3. The van der Waals surface area contributed by atoms with Gasteiger partial charge in [-0.2, -0.15) is 5.26 Å². The number of esters is 1. The lowest BCUT2D eigenvalue weighted by Crippen LogP contribution is -2.25. The maximum atomic E-state index is 12.3. The SMILES string of the molecule is COc1ccc(/C=C(\C#N)C(=O)OCC(=O)c2ccc3c(c2)NC(=O)CO3)cc1. The first-order valence-electron chi connectivity index (χ1n) is 8.53. The molecule has 0 aromatic heterocycles. The highest BCUT2D eigenvalue weighted by Gasteiger charge is 2.19. The molecule has 0 saturated carbocycles. The van der Waals surface area contributed by atoms with Gasteiger partial charge in [-0.25, -0.2) is 4.79 Å². The Labute approximate surface area is 166 Å². The molecule has 1 aliphatic rings. The van der Waals surface area contributed by atoms with Crippen LogP contribution in [0.1, 0.15) is 15.9 Å². The Morgan fingerprint density at radius 1 is 1.24 bits per heavy atom. The van der Waals surface area contributed by atoms with E-state index in [1.807, 2.05) is 0 Å². The van der Waals surface area contributed by atoms with Gasteiger partial charge in [0.25, 0.3) is 5.91 Å². The van der Waals surface area contributed by atoms with Gasteiger partial charge < -0.3 is 19.5 Å². The predicted molar refractivity (Wildman–Crippen MR) is 102 cm³/mol. The third kappa shape index (κ3) is 4.78. The van der Waals surface area contributed by atoms with Gasteiger partial charge in [0.2, 0.25) is 0 Å². The molecule has 0 atom stereocenters. The number of nitrogens with one attached hydrogen (secondary N) is 1. The standard InChI is InChI=1S/C21H16N2O6/c1-27-16-5-2-13(3-6-16)8-15(10-22)21(26)29-11-18(24)14-4-7-19-17(9-14)23-20(25)12-28-19/h2-9H,11-12H2,1H3,(H,23,25)/b15-8+. The van der Waals surface area contributed by atoms with Crippen LogP contribution in [-0.2, 0) is 14.3 Å². The highest BCUT2D eigenvalue weighted by atomic mass is 16.5. The fourth-order valence-corrected chi connectivity index (χ4v) is 2.55. The zero-order valence-corrected chi connectivity index (χ0v) is 15.4. The van der Waals surface area contributed by atoms with Crippen LogP contribution >= 0.6 is 0 Å². The predicted octanol–water partition coefficient (Wildman–Crippen LogP) is 2.36. The Balaban J connectivity index is 1.65. The number of anilines is 1. The number of Topliss-reactive ketones (excluding diaryl/α,β-unsaturated/α-hetero) is 1. The molecule has 0 unspecified atom stereocenters. The average Bonchev–Trinajstić information content (AvgIpc) is 2.75. The molecule has 29 heavy (non-hydrogen) atoms. The molecule has 146 valence electrons. The van der Waals surface area contributed by atoms with E-state index in [1.165, 1.54) is 25.3 Å². The number of fused-ring (bicyclic) bond motifs is 1. The van der Waals surface area contributed by atoms with Gasteiger partial charge in [0.15, 0.2) is 19.0 Å². The molecule has 1 aliphatic heterocycles. The molecule has 2 aromatic carbocycles. The summed E-state index contributed by atoms with van der Waals surface area (Å²) in [4.78, 5) is 35.8. The number of nitriles is 1. The summed E-state index contributed by atoms with van der Waals surface area (Å²) in [6.07, 6.45) is 1.36. The van der Waals surface area contributed by atoms with Crippen molar-refractivity contribution < 1.29 is 28.6 Å². The minimum absolute atomic E-state index is 0.0879. The van der Waals surface area contributed by atoms with Crippen molar-refractivity contribution in [1.29, 1.82) is 5.26 Å². The van der Waals surface area contributed by atoms with Crippen LogP contribution in [0.5, 0.6) is 11.5 Å². The summed E-state index contributed by atoms with van der Waals surface area (Å²) < 4.78 is 15.2. The Bertz CT molecular complexity index is 1030. The van der Waals surface area contributed by atoms with Crippen molar-refractivity contribution >= 4 is 29.4 Å². The summed E-state index contributed by atoms with van der Waals surface area (Å²) in [6, 6.07) is 13.0. The average molecular weight is 392 g/mol. The zero-order valence-electron chi connectivity index (χ0n) is 15.4. The minimum atomic E-state index is -0.911. The van der Waals surface area contributed by atoms with E-state index in [-0.39, 0.29) is 23.7 Å². The van der Waals surface area contributed by atoms with Crippen LogP contribution < -0.4 is 14.8 Å². The van der Waals surface area contributed by atoms with E-state index in [9.17, 15) is 19.6 Å². The van der Waals surface area contributed by atoms with Gasteiger partial charge in [-0.15, -0.1) is 0 Å². The van der Waals surface area contributed by atoms with Crippen LogP contribution in [-0.4, -0.2) is 38.0 Å². The van der Waals surface area contributed by atoms with Crippen molar-refractivity contribution in [3.63, 3.8) is 0 Å². The lowest BCUT2D eigenvalue weighted by atomic mass is 10.1. The molecule has 1 heterocycles. The number of amides is 1. The molecule has 0 bridgehead atoms. The van der Waals surface area contributed by atoms with Gasteiger partial charge in [0, 0.05) is 5.56 Å². The monoisotopic (exact) mass is 392 g/mol. The fraction of sp³-hybridized carbons (Fsp3) is 0.143. The van der Waals surface area contributed by atoms with E-state index < -0.39 is 18.4 Å². The molecule has 2 aromatic rings. The lowest BCUT2D eigenvalue weighted by Gasteiger charge is -2.18. The third-order valence-corrected chi connectivity index (χ3v) is 4.04. The van der Waals surface area contributed by atoms with Crippen LogP contribution in [0, 0.1) is 11.3 Å². The number of rotatable bonds is 6. The summed E-state index contributed by atoms with van der Waals surface area (Å²) >= 11 is 0. The Morgan fingerprint density at radius 2 is 2.00 bits per heavy atom. The summed E-state index contributed by atoms with van der Waals surface area (Å²) in [5.41, 5.74) is 0.973. The third-order valence-electron chi connectivity index (χ3n) is 4.04. The molecule has 0 aliphatic carbocycles. The molecule has 1 N–H and O–H groups in total. The molecular weight excluding hydrogens is 376 g/mol. The highest BCUT2D eigenvalue weighted by molar-refractivity contribution is 6.03. The topological polar surface area (TPSA) is 115 Å². The maximum Gasteiger partial charge on any atom is 0.349 e. The molecule has 1 amide bonds. The normalized spacial score (nSPS) is 12.7. The summed E-state index contributed by atoms with van der Waals surface area (Å²) in [6.45, 7) is -0.635. The smallest absolute Gasteiger partial charge is 0.349 e. The number of hydrogen-bond donors (Lipinski definition) is 1. The quantitative estimate of drug-likeness (QED) is 0.347. The Kier molecular flexibility index (Phi) is 5.90. The van der Waals surface area contributed by atoms with E-state index in [0.29, 0.717) is 22.7 Å². The summed E-state index contributed by atoms with van der Waals surface area (Å²) in [5.74, 6) is -0.627. The summed E-state index contributed by atoms with van der Waals surface area (Å²) in [5, 5.41) is 11.8. The second kappa shape index (κ2) is 8.71. The number of methoxy groups -OCH3 is 1. The van der Waals surface area contributed by atoms with Crippen molar-refractivity contribution in [2.45, 2.75) is 0 Å². The number of hydrogen-bond acceptors (Lipinski definition) is 7. The second-order valence-electron chi connectivity index (χ2n) is 5.99. The first-order valence-corrected chi connectivity index (χ1v) is 8.53. The van der Waals surface area contributed by atoms with E-state index in [1.54, 1.807) is 36.4 Å². The second-order valence-corrected chi connectivity index (χ2v) is 5.99. The molecular formula is C21H16N2O6. The molecule has 0 spiro atoms. The molecule has 0 fully saturated rings. The van der Waals surface area contributed by atoms with Gasteiger partial charge >= 0.3 is 5.97 Å². The largest absolute Gasteiger partial charge is 0.497 e.